The van der Waals surface area contributed by atoms with Crippen molar-refractivity contribution >= 4 is 5.97 Å². The van der Waals surface area contributed by atoms with E-state index in [1.807, 2.05) is 6.92 Å². The van der Waals surface area contributed by atoms with Gasteiger partial charge in [0.25, 0.3) is 0 Å². The van der Waals surface area contributed by atoms with Gasteiger partial charge in [-0.2, -0.15) is 5.90 Å². The first-order chi connectivity index (χ1) is 4.22. The van der Waals surface area contributed by atoms with Gasteiger partial charge < -0.3 is 10.2 Å². The van der Waals surface area contributed by atoms with Crippen molar-refractivity contribution in [3.63, 3.8) is 0 Å². The standard InChI is InChI=1S/C5H12N2O2/c1-3-7-4(2)5(8)9-6/h4,7H,3,6H2,1-2H3. The molecule has 1 unspecified atom stereocenters. The van der Waals surface area contributed by atoms with Crippen molar-refractivity contribution < 1.29 is 9.63 Å². The molecule has 0 aromatic heterocycles. The summed E-state index contributed by atoms with van der Waals surface area (Å²) < 4.78 is 0. The van der Waals surface area contributed by atoms with Crippen LogP contribution in [0.5, 0.6) is 0 Å². The quantitative estimate of drug-likeness (QED) is 0.503. The molecule has 0 spiro atoms. The lowest BCUT2D eigenvalue weighted by atomic mass is 10.3. The van der Waals surface area contributed by atoms with E-state index in [4.69, 9.17) is 0 Å². The minimum atomic E-state index is -0.433. The number of rotatable bonds is 3. The summed E-state index contributed by atoms with van der Waals surface area (Å²) in [4.78, 5) is 14.5. The van der Waals surface area contributed by atoms with Crippen LogP contribution in [0.25, 0.3) is 0 Å². The molecule has 3 N–H and O–H groups in total. The highest BCUT2D eigenvalue weighted by molar-refractivity contribution is 5.74. The summed E-state index contributed by atoms with van der Waals surface area (Å²) in [5.41, 5.74) is 0. The van der Waals surface area contributed by atoms with E-state index < -0.39 is 5.97 Å². The largest absolute Gasteiger partial charge is 0.372 e. The SMILES string of the molecule is CCNC(C)C(=O)ON. The van der Waals surface area contributed by atoms with Crippen LogP contribution in [0.4, 0.5) is 0 Å². The van der Waals surface area contributed by atoms with Crippen LogP contribution in [0.15, 0.2) is 0 Å². The molecule has 0 aliphatic carbocycles. The summed E-state index contributed by atoms with van der Waals surface area (Å²) in [6, 6.07) is -0.306. The summed E-state index contributed by atoms with van der Waals surface area (Å²) in [7, 11) is 0. The van der Waals surface area contributed by atoms with Gasteiger partial charge in [-0.25, -0.2) is 4.79 Å². The first-order valence-corrected chi connectivity index (χ1v) is 2.86. The number of nitrogens with two attached hydrogens (primary N) is 1. The van der Waals surface area contributed by atoms with Crippen molar-refractivity contribution in [1.29, 1.82) is 0 Å². The van der Waals surface area contributed by atoms with Crippen LogP contribution in [0.2, 0.25) is 0 Å². The average molecular weight is 132 g/mol. The van der Waals surface area contributed by atoms with Crippen molar-refractivity contribution in [1.82, 2.24) is 5.32 Å². The lowest BCUT2D eigenvalue weighted by Crippen LogP contribution is -2.36. The fraction of sp³-hybridized carbons (Fsp3) is 0.800. The second-order valence-corrected chi connectivity index (χ2v) is 1.72. The second-order valence-electron chi connectivity index (χ2n) is 1.72. The zero-order valence-corrected chi connectivity index (χ0v) is 5.68. The molecule has 0 aromatic carbocycles. The third kappa shape index (κ3) is 3.05. The Morgan fingerprint density at radius 3 is 2.78 bits per heavy atom. The number of likely N-dealkylation sites (N-methyl/N-ethyl adjacent to an activating group) is 1. The van der Waals surface area contributed by atoms with E-state index in [-0.39, 0.29) is 6.04 Å². The van der Waals surface area contributed by atoms with Crippen molar-refractivity contribution in [2.45, 2.75) is 19.9 Å². The van der Waals surface area contributed by atoms with Crippen LogP contribution in [0, 0.1) is 0 Å². The van der Waals surface area contributed by atoms with Gasteiger partial charge in [0.05, 0.1) is 0 Å². The Morgan fingerprint density at radius 1 is 1.89 bits per heavy atom. The highest BCUT2D eigenvalue weighted by atomic mass is 16.7. The van der Waals surface area contributed by atoms with E-state index in [0.29, 0.717) is 0 Å². The minimum absolute atomic E-state index is 0.306. The first-order valence-electron chi connectivity index (χ1n) is 2.86. The Hall–Kier alpha value is -0.610. The number of hydrogen-bond donors (Lipinski definition) is 2. The fourth-order valence-corrected chi connectivity index (χ4v) is 0.492. The van der Waals surface area contributed by atoms with Crippen LogP contribution in [0.1, 0.15) is 13.8 Å². The lowest BCUT2D eigenvalue weighted by molar-refractivity contribution is -0.146. The van der Waals surface area contributed by atoms with E-state index in [2.05, 4.69) is 16.1 Å². The Kier molecular flexibility index (Phi) is 4.00. The van der Waals surface area contributed by atoms with Crippen LogP contribution < -0.4 is 11.2 Å². The third-order valence-corrected chi connectivity index (χ3v) is 0.980. The molecule has 0 aliphatic rings. The van der Waals surface area contributed by atoms with Crippen LogP contribution in [-0.4, -0.2) is 18.6 Å². The van der Waals surface area contributed by atoms with Gasteiger partial charge in [0.2, 0.25) is 0 Å². The first kappa shape index (κ1) is 8.39. The van der Waals surface area contributed by atoms with Gasteiger partial charge in [0.15, 0.2) is 0 Å². The van der Waals surface area contributed by atoms with Crippen LogP contribution in [0.3, 0.4) is 0 Å². The predicted molar refractivity (Wildman–Crippen MR) is 33.4 cm³/mol. The maximum Gasteiger partial charge on any atom is 0.341 e. The van der Waals surface area contributed by atoms with E-state index in [0.717, 1.165) is 6.54 Å². The molecule has 0 saturated heterocycles. The second kappa shape index (κ2) is 4.29. The molecule has 0 rings (SSSR count). The normalized spacial score (nSPS) is 12.8. The van der Waals surface area contributed by atoms with Gasteiger partial charge in [0.1, 0.15) is 6.04 Å². The summed E-state index contributed by atoms with van der Waals surface area (Å²) in [5.74, 6) is 4.18. The van der Waals surface area contributed by atoms with Gasteiger partial charge >= 0.3 is 5.97 Å². The monoisotopic (exact) mass is 132 g/mol. The van der Waals surface area contributed by atoms with Gasteiger partial charge in [-0.1, -0.05) is 6.92 Å². The van der Waals surface area contributed by atoms with E-state index >= 15 is 0 Å². The van der Waals surface area contributed by atoms with Crippen molar-refractivity contribution in [3.05, 3.63) is 0 Å². The smallest absolute Gasteiger partial charge is 0.341 e. The molecule has 0 bridgehead atoms. The van der Waals surface area contributed by atoms with Crippen LogP contribution >= 0.6 is 0 Å². The van der Waals surface area contributed by atoms with E-state index in [9.17, 15) is 4.79 Å². The Labute approximate surface area is 54.3 Å². The predicted octanol–water partition coefficient (Wildman–Crippen LogP) is -0.599. The Morgan fingerprint density at radius 2 is 2.44 bits per heavy atom. The topological polar surface area (TPSA) is 64.3 Å². The minimum Gasteiger partial charge on any atom is -0.372 e. The average Bonchev–Trinajstić information content (AvgIpc) is 1.87. The molecule has 9 heavy (non-hydrogen) atoms. The Balaban J connectivity index is 3.45. The molecule has 4 nitrogen and oxygen atoms in total. The summed E-state index contributed by atoms with van der Waals surface area (Å²) in [6.45, 7) is 4.33. The molecule has 0 amide bonds. The van der Waals surface area contributed by atoms with Crippen molar-refractivity contribution in [2.75, 3.05) is 6.54 Å². The lowest BCUT2D eigenvalue weighted by Gasteiger charge is -2.06. The summed E-state index contributed by atoms with van der Waals surface area (Å²) in [6.07, 6.45) is 0. The molecule has 0 heterocycles. The molecule has 1 atom stereocenters. The van der Waals surface area contributed by atoms with Crippen molar-refractivity contribution in [2.24, 2.45) is 5.90 Å². The molecule has 4 heteroatoms. The molecule has 0 fully saturated rings. The molecule has 54 valence electrons. The molecule has 0 radical (unpaired) electrons. The van der Waals surface area contributed by atoms with E-state index in [1.165, 1.54) is 0 Å². The molecular formula is C5H12N2O2. The molecule has 0 saturated carbocycles. The molecule has 0 aliphatic heterocycles. The highest BCUT2D eigenvalue weighted by Gasteiger charge is 2.10. The van der Waals surface area contributed by atoms with Gasteiger partial charge in [0, 0.05) is 0 Å². The van der Waals surface area contributed by atoms with Crippen molar-refractivity contribution in [3.8, 4) is 0 Å². The third-order valence-electron chi connectivity index (χ3n) is 0.980. The maximum absolute atomic E-state index is 10.5. The summed E-state index contributed by atoms with van der Waals surface area (Å²) in [5, 5.41) is 2.84. The molecule has 0 aromatic rings. The fourth-order valence-electron chi connectivity index (χ4n) is 0.492. The van der Waals surface area contributed by atoms with Gasteiger partial charge in [-0.3, -0.25) is 0 Å². The number of carbonyl (C=O) groups excluding carboxylic acids is 1. The molecular weight excluding hydrogens is 120 g/mol. The number of carbonyl (C=O) groups is 1. The van der Waals surface area contributed by atoms with E-state index in [1.54, 1.807) is 6.92 Å². The zero-order chi connectivity index (χ0) is 7.28. The Bertz CT molecular complexity index is 95.0. The number of nitrogens with one attached hydrogen (secondary N) is 1. The maximum atomic E-state index is 10.5. The number of hydrogen-bond acceptors (Lipinski definition) is 4. The highest BCUT2D eigenvalue weighted by Crippen LogP contribution is 1.81. The van der Waals surface area contributed by atoms with Gasteiger partial charge in [-0.15, -0.1) is 0 Å². The summed E-state index contributed by atoms with van der Waals surface area (Å²) >= 11 is 0. The van der Waals surface area contributed by atoms with Crippen LogP contribution in [-0.2, 0) is 9.63 Å². The zero-order valence-electron chi connectivity index (χ0n) is 5.68. The van der Waals surface area contributed by atoms with Gasteiger partial charge in [-0.05, 0) is 13.5 Å².